The molecule has 1 aromatic carbocycles. The van der Waals surface area contributed by atoms with Crippen molar-refractivity contribution in [3.63, 3.8) is 0 Å². The van der Waals surface area contributed by atoms with Crippen molar-refractivity contribution in [2.24, 2.45) is 0 Å². The van der Waals surface area contributed by atoms with E-state index in [-0.39, 0.29) is 11.6 Å². The molecule has 1 fully saturated rings. The molecule has 0 amide bonds. The molecule has 1 aliphatic carbocycles. The second kappa shape index (κ2) is 11.1. The standard InChI is InChI=1S/C29H29N9O2/c1-3-4-10-25-23(29(39)38(20-13-14-20)28(34-25)27-30-16-21(40-2)17-31-27)15-19-8-7-11-24(33-19)22-9-5-6-12-26(22)37-18-32-35-36-37/h5-9,11-12,16-18,20H,3-4,10,13-15H2,1-2H3. The van der Waals surface area contributed by atoms with E-state index >= 15 is 0 Å². The van der Waals surface area contributed by atoms with Gasteiger partial charge in [-0.05, 0) is 54.3 Å². The summed E-state index contributed by atoms with van der Waals surface area (Å²) in [7, 11) is 1.57. The topological polar surface area (TPSA) is 126 Å². The summed E-state index contributed by atoms with van der Waals surface area (Å²) in [5.74, 6) is 1.50. The molecule has 11 nitrogen and oxygen atoms in total. The SMILES string of the molecule is CCCCc1nc(-c2ncc(OC)cn2)n(C2CC2)c(=O)c1Cc1cccc(-c2ccccc2-n2cnnn2)n1. The number of benzene rings is 1. The monoisotopic (exact) mass is 535 g/mol. The number of rotatable bonds is 10. The Kier molecular flexibility index (Phi) is 7.09. The quantitative estimate of drug-likeness (QED) is 0.261. The largest absolute Gasteiger partial charge is 0.494 e. The van der Waals surface area contributed by atoms with Gasteiger partial charge in [-0.15, -0.1) is 5.10 Å². The summed E-state index contributed by atoms with van der Waals surface area (Å²) in [4.78, 5) is 33.0. The molecule has 4 heterocycles. The zero-order chi connectivity index (χ0) is 27.5. The lowest BCUT2D eigenvalue weighted by Gasteiger charge is -2.16. The Morgan fingerprint density at radius 3 is 2.58 bits per heavy atom. The van der Waals surface area contributed by atoms with Crippen molar-refractivity contribution >= 4 is 0 Å². The number of aryl methyl sites for hydroxylation is 1. The number of nitrogens with zero attached hydrogens (tertiary/aromatic N) is 9. The van der Waals surface area contributed by atoms with Gasteiger partial charge in [-0.1, -0.05) is 37.6 Å². The van der Waals surface area contributed by atoms with Crippen molar-refractivity contribution in [2.45, 2.75) is 51.5 Å². The first-order valence-corrected chi connectivity index (χ1v) is 13.5. The number of ether oxygens (including phenoxy) is 1. The first-order valence-electron chi connectivity index (χ1n) is 13.5. The summed E-state index contributed by atoms with van der Waals surface area (Å²) < 4.78 is 8.62. The number of methoxy groups -OCH3 is 1. The van der Waals surface area contributed by atoms with E-state index in [1.807, 2.05) is 42.5 Å². The highest BCUT2D eigenvalue weighted by Crippen LogP contribution is 2.36. The minimum absolute atomic E-state index is 0.0423. The number of pyridine rings is 1. The van der Waals surface area contributed by atoms with Crippen LogP contribution in [0.5, 0.6) is 5.75 Å². The van der Waals surface area contributed by atoms with Crippen LogP contribution < -0.4 is 10.3 Å². The minimum atomic E-state index is -0.0423. The molecule has 1 aliphatic rings. The Labute approximate surface area is 231 Å². The maximum absolute atomic E-state index is 14.1. The summed E-state index contributed by atoms with van der Waals surface area (Å²) >= 11 is 0. The second-order valence-corrected chi connectivity index (χ2v) is 9.78. The van der Waals surface area contributed by atoms with Crippen LogP contribution in [0.15, 0.2) is 66.0 Å². The van der Waals surface area contributed by atoms with Gasteiger partial charge in [0.05, 0.1) is 36.6 Å². The normalized spacial score (nSPS) is 12.9. The van der Waals surface area contributed by atoms with Crippen LogP contribution in [0.4, 0.5) is 0 Å². The molecule has 202 valence electrons. The van der Waals surface area contributed by atoms with Gasteiger partial charge in [0.15, 0.2) is 17.4 Å². The fourth-order valence-electron chi connectivity index (χ4n) is 4.78. The first kappa shape index (κ1) is 25.5. The molecule has 0 unspecified atom stereocenters. The zero-order valence-electron chi connectivity index (χ0n) is 22.4. The van der Waals surface area contributed by atoms with Crippen LogP contribution in [0.25, 0.3) is 28.6 Å². The van der Waals surface area contributed by atoms with E-state index in [4.69, 9.17) is 14.7 Å². The maximum Gasteiger partial charge on any atom is 0.257 e. The summed E-state index contributed by atoms with van der Waals surface area (Å²) in [5.41, 5.74) is 4.69. The van der Waals surface area contributed by atoms with E-state index in [0.717, 1.165) is 54.0 Å². The minimum Gasteiger partial charge on any atom is -0.494 e. The van der Waals surface area contributed by atoms with Gasteiger partial charge in [-0.2, -0.15) is 4.68 Å². The molecule has 1 saturated carbocycles. The summed E-state index contributed by atoms with van der Waals surface area (Å²) in [6.45, 7) is 2.13. The third-order valence-electron chi connectivity index (χ3n) is 6.98. The van der Waals surface area contributed by atoms with Crippen molar-refractivity contribution in [3.8, 4) is 34.3 Å². The number of para-hydroxylation sites is 1. The van der Waals surface area contributed by atoms with Crippen LogP contribution in [0.1, 0.15) is 55.6 Å². The van der Waals surface area contributed by atoms with Gasteiger partial charge in [0.1, 0.15) is 6.33 Å². The fourth-order valence-corrected chi connectivity index (χ4v) is 4.78. The number of aromatic nitrogens is 9. The Hall–Kier alpha value is -4.80. The Morgan fingerprint density at radius 1 is 1.02 bits per heavy atom. The molecular weight excluding hydrogens is 506 g/mol. The summed E-state index contributed by atoms with van der Waals surface area (Å²) in [6, 6.07) is 13.8. The van der Waals surface area contributed by atoms with Crippen molar-refractivity contribution in [1.82, 2.24) is 44.7 Å². The van der Waals surface area contributed by atoms with Crippen LogP contribution >= 0.6 is 0 Å². The molecular formula is C29H29N9O2. The molecule has 5 aromatic rings. The summed E-state index contributed by atoms with van der Waals surface area (Å²) in [5, 5.41) is 11.6. The van der Waals surface area contributed by atoms with Crippen LogP contribution in [0, 0.1) is 0 Å². The average Bonchev–Trinajstić information content (AvgIpc) is 3.68. The molecule has 0 bridgehead atoms. The lowest BCUT2D eigenvalue weighted by atomic mass is 10.0. The number of unbranched alkanes of at least 4 members (excludes halogenated alkanes) is 1. The predicted molar refractivity (Wildman–Crippen MR) is 148 cm³/mol. The Morgan fingerprint density at radius 2 is 1.85 bits per heavy atom. The van der Waals surface area contributed by atoms with Crippen molar-refractivity contribution in [2.75, 3.05) is 7.11 Å². The van der Waals surface area contributed by atoms with Gasteiger partial charge in [0, 0.05) is 29.3 Å². The van der Waals surface area contributed by atoms with E-state index in [1.54, 1.807) is 35.1 Å². The van der Waals surface area contributed by atoms with Crippen LogP contribution in [-0.4, -0.2) is 51.8 Å². The van der Waals surface area contributed by atoms with E-state index in [0.29, 0.717) is 35.8 Å². The molecule has 0 spiro atoms. The molecule has 0 N–H and O–H groups in total. The van der Waals surface area contributed by atoms with E-state index in [2.05, 4.69) is 32.4 Å². The third kappa shape index (κ3) is 5.09. The van der Waals surface area contributed by atoms with Gasteiger partial charge >= 0.3 is 0 Å². The molecule has 0 aliphatic heterocycles. The van der Waals surface area contributed by atoms with Crippen LogP contribution in [0.3, 0.4) is 0 Å². The van der Waals surface area contributed by atoms with Gasteiger partial charge in [0.25, 0.3) is 5.56 Å². The molecule has 4 aromatic heterocycles. The third-order valence-corrected chi connectivity index (χ3v) is 6.98. The maximum atomic E-state index is 14.1. The van der Waals surface area contributed by atoms with Gasteiger partial charge < -0.3 is 4.74 Å². The predicted octanol–water partition coefficient (Wildman–Crippen LogP) is 4.01. The van der Waals surface area contributed by atoms with Gasteiger partial charge in [-0.25, -0.2) is 15.0 Å². The van der Waals surface area contributed by atoms with Crippen LogP contribution in [0.2, 0.25) is 0 Å². The highest BCUT2D eigenvalue weighted by Gasteiger charge is 2.31. The number of hydrogen-bond donors (Lipinski definition) is 0. The molecule has 0 atom stereocenters. The Balaban J connectivity index is 1.42. The molecule has 0 radical (unpaired) electrons. The first-order chi connectivity index (χ1) is 19.7. The number of tetrazole rings is 1. The highest BCUT2D eigenvalue weighted by atomic mass is 16.5. The lowest BCUT2D eigenvalue weighted by Crippen LogP contribution is -2.29. The number of hydrogen-bond acceptors (Lipinski definition) is 9. The van der Waals surface area contributed by atoms with E-state index in [1.165, 1.54) is 0 Å². The zero-order valence-corrected chi connectivity index (χ0v) is 22.4. The molecule has 0 saturated heterocycles. The second-order valence-electron chi connectivity index (χ2n) is 9.78. The molecule has 40 heavy (non-hydrogen) atoms. The average molecular weight is 536 g/mol. The van der Waals surface area contributed by atoms with Crippen LogP contribution in [-0.2, 0) is 12.8 Å². The van der Waals surface area contributed by atoms with Crippen molar-refractivity contribution < 1.29 is 4.74 Å². The van der Waals surface area contributed by atoms with Crippen molar-refractivity contribution in [3.05, 3.63) is 88.5 Å². The fraction of sp³-hybridized carbons (Fsp3) is 0.310. The van der Waals surface area contributed by atoms with E-state index < -0.39 is 0 Å². The van der Waals surface area contributed by atoms with Gasteiger partial charge in [0.2, 0.25) is 0 Å². The lowest BCUT2D eigenvalue weighted by molar-refractivity contribution is 0.411. The molecule has 6 rings (SSSR count). The summed E-state index contributed by atoms with van der Waals surface area (Å²) in [6.07, 6.45) is 9.61. The molecule has 11 heteroatoms. The smallest absolute Gasteiger partial charge is 0.257 e. The van der Waals surface area contributed by atoms with Gasteiger partial charge in [-0.3, -0.25) is 14.3 Å². The Bertz CT molecular complexity index is 1680. The van der Waals surface area contributed by atoms with E-state index in [9.17, 15) is 4.79 Å². The van der Waals surface area contributed by atoms with Crippen molar-refractivity contribution in [1.29, 1.82) is 0 Å². The highest BCUT2D eigenvalue weighted by molar-refractivity contribution is 5.69.